The molecule has 0 radical (unpaired) electrons. The summed E-state index contributed by atoms with van der Waals surface area (Å²) in [6.45, 7) is 0.813. The molecule has 0 heterocycles. The van der Waals surface area contributed by atoms with Crippen molar-refractivity contribution in [3.05, 3.63) is 51.6 Å². The van der Waals surface area contributed by atoms with Crippen molar-refractivity contribution in [2.24, 2.45) is 11.7 Å². The Bertz CT molecular complexity index is 1380. The minimum Gasteiger partial charge on any atom is -0.507 e. The molecule has 0 aromatic heterocycles. The molecular formula is C28H31NO10. The van der Waals surface area contributed by atoms with Crippen LogP contribution < -0.4 is 10.5 Å². The van der Waals surface area contributed by atoms with E-state index in [1.165, 1.54) is 25.3 Å². The number of carbonyl (C=O) groups is 3. The molecule has 5 rings (SSSR count). The van der Waals surface area contributed by atoms with Gasteiger partial charge in [0.15, 0.2) is 11.6 Å². The van der Waals surface area contributed by atoms with Crippen LogP contribution in [0.3, 0.4) is 0 Å². The number of nitrogens with two attached hydrogens (primary N) is 1. The lowest BCUT2D eigenvalue weighted by molar-refractivity contribution is -0.151. The van der Waals surface area contributed by atoms with Gasteiger partial charge in [0.2, 0.25) is 5.78 Å². The first kappa shape index (κ1) is 27.2. The van der Waals surface area contributed by atoms with Crippen molar-refractivity contribution in [1.82, 2.24) is 0 Å². The summed E-state index contributed by atoms with van der Waals surface area (Å²) < 4.78 is 11.5. The highest BCUT2D eigenvalue weighted by molar-refractivity contribution is 6.31. The number of aromatic hydroxyl groups is 2. The van der Waals surface area contributed by atoms with Crippen molar-refractivity contribution in [3.8, 4) is 17.2 Å². The van der Waals surface area contributed by atoms with Crippen molar-refractivity contribution in [3.63, 3.8) is 0 Å². The normalized spacial score (nSPS) is 29.8. The molecule has 7 N–H and O–H groups in total. The molecule has 0 amide bonds. The standard InChI is InChI=1S/C28H31NO10/c1-11-6-12(7-15(29)23(11)32)39-17-9-28(37,18(31)10-30)8-14-20(17)27(36)22-21(25(14)34)24(33)13-4-3-5-16(38-2)19(13)26(22)35/h3-5,11-12,15,17,23,30,32,34,36-37H,6-10,29H2,1-2H3/t11?,12-,15-,17?,23-,28+/m1/s1. The molecule has 11 heteroatoms. The average Bonchev–Trinajstić information content (AvgIpc) is 2.90. The number of carbonyl (C=O) groups excluding carboxylic acids is 3. The molecule has 208 valence electrons. The van der Waals surface area contributed by atoms with Gasteiger partial charge in [-0.1, -0.05) is 19.1 Å². The van der Waals surface area contributed by atoms with E-state index in [9.17, 15) is 39.9 Å². The summed E-state index contributed by atoms with van der Waals surface area (Å²) in [6.07, 6.45) is -2.82. The number of Topliss-reactive ketones (excluding diaryl/α,β-unsaturated/α-hetero) is 1. The number of aliphatic hydroxyl groups is 3. The summed E-state index contributed by atoms with van der Waals surface area (Å²) in [6, 6.07) is 3.81. The van der Waals surface area contributed by atoms with E-state index in [2.05, 4.69) is 0 Å². The summed E-state index contributed by atoms with van der Waals surface area (Å²) in [5.41, 5.74) is 2.76. The fourth-order valence-electron chi connectivity index (χ4n) is 6.25. The van der Waals surface area contributed by atoms with E-state index in [0.29, 0.717) is 6.42 Å². The first-order valence-corrected chi connectivity index (χ1v) is 12.8. The van der Waals surface area contributed by atoms with Gasteiger partial charge >= 0.3 is 0 Å². The summed E-state index contributed by atoms with van der Waals surface area (Å²) in [5, 5.41) is 54.0. The van der Waals surface area contributed by atoms with Gasteiger partial charge in [0.05, 0.1) is 42.1 Å². The smallest absolute Gasteiger partial charge is 0.202 e. The van der Waals surface area contributed by atoms with Crippen molar-refractivity contribution < 1.29 is 49.4 Å². The van der Waals surface area contributed by atoms with Crippen molar-refractivity contribution >= 4 is 17.3 Å². The number of methoxy groups -OCH3 is 1. The molecular weight excluding hydrogens is 510 g/mol. The SMILES string of the molecule is COc1cccc2c1C(=O)c1c(O)c3c(c(O)c1C2=O)C[C@@](O)(C(=O)CO)CC3O[C@@H]1CC(C)[C@@H](O)[C@H](N)C1. The zero-order valence-electron chi connectivity index (χ0n) is 21.5. The van der Waals surface area contributed by atoms with Crippen molar-refractivity contribution in [2.75, 3.05) is 13.7 Å². The molecule has 39 heavy (non-hydrogen) atoms. The Hall–Kier alpha value is -3.35. The van der Waals surface area contributed by atoms with Crippen LogP contribution in [0.15, 0.2) is 18.2 Å². The first-order valence-electron chi connectivity index (χ1n) is 12.8. The van der Waals surface area contributed by atoms with Crippen molar-refractivity contribution in [2.45, 2.75) is 62.6 Å². The van der Waals surface area contributed by atoms with Gasteiger partial charge in [0.25, 0.3) is 0 Å². The van der Waals surface area contributed by atoms with E-state index in [4.69, 9.17) is 15.2 Å². The molecule has 0 saturated heterocycles. The summed E-state index contributed by atoms with van der Waals surface area (Å²) in [5.74, 6) is -3.79. The number of phenols is 2. The molecule has 0 bridgehead atoms. The van der Waals surface area contributed by atoms with E-state index in [1.807, 2.05) is 0 Å². The van der Waals surface area contributed by atoms with Gasteiger partial charge in [-0.2, -0.15) is 0 Å². The maximum atomic E-state index is 13.7. The second kappa shape index (κ2) is 9.68. The van der Waals surface area contributed by atoms with Gasteiger partial charge in [0.1, 0.15) is 29.5 Å². The molecule has 11 nitrogen and oxygen atoms in total. The predicted octanol–water partition coefficient (Wildman–Crippen LogP) is 0.665. The van der Waals surface area contributed by atoms with Gasteiger partial charge in [-0.25, -0.2) is 0 Å². The summed E-state index contributed by atoms with van der Waals surface area (Å²) in [4.78, 5) is 39.8. The Morgan fingerprint density at radius 2 is 1.79 bits per heavy atom. The molecule has 3 aliphatic rings. The monoisotopic (exact) mass is 541 g/mol. The molecule has 1 saturated carbocycles. The van der Waals surface area contributed by atoms with E-state index in [-0.39, 0.29) is 40.3 Å². The molecule has 2 aromatic carbocycles. The average molecular weight is 542 g/mol. The summed E-state index contributed by atoms with van der Waals surface area (Å²) >= 11 is 0. The lowest BCUT2D eigenvalue weighted by Gasteiger charge is -2.42. The number of fused-ring (bicyclic) bond motifs is 3. The zero-order chi connectivity index (χ0) is 28.4. The third-order valence-corrected chi connectivity index (χ3v) is 8.29. The van der Waals surface area contributed by atoms with Crippen LogP contribution >= 0.6 is 0 Å². The minimum atomic E-state index is -2.19. The third-order valence-electron chi connectivity index (χ3n) is 8.29. The van der Waals surface area contributed by atoms with Crippen LogP contribution in [-0.4, -0.2) is 80.4 Å². The highest BCUT2D eigenvalue weighted by Crippen LogP contribution is 2.52. The fourth-order valence-corrected chi connectivity index (χ4v) is 6.25. The van der Waals surface area contributed by atoms with Crippen LogP contribution in [0.1, 0.15) is 75.3 Å². The molecule has 6 atom stereocenters. The first-order chi connectivity index (χ1) is 18.4. The lowest BCUT2D eigenvalue weighted by atomic mass is 9.71. The van der Waals surface area contributed by atoms with Crippen molar-refractivity contribution in [1.29, 1.82) is 0 Å². The lowest BCUT2D eigenvalue weighted by Crippen LogP contribution is -2.50. The number of hydrogen-bond donors (Lipinski definition) is 6. The van der Waals surface area contributed by atoms with Crippen LogP contribution in [0.4, 0.5) is 0 Å². The Morgan fingerprint density at radius 3 is 2.44 bits per heavy atom. The second-order valence-corrected chi connectivity index (χ2v) is 10.7. The van der Waals surface area contributed by atoms with Gasteiger partial charge in [-0.15, -0.1) is 0 Å². The van der Waals surface area contributed by atoms with Gasteiger partial charge < -0.3 is 40.7 Å². The Morgan fingerprint density at radius 1 is 1.10 bits per heavy atom. The van der Waals surface area contributed by atoms with E-state index in [0.717, 1.165) is 0 Å². The minimum absolute atomic E-state index is 0.0319. The largest absolute Gasteiger partial charge is 0.507 e. The molecule has 1 fully saturated rings. The number of ketones is 3. The number of hydrogen-bond acceptors (Lipinski definition) is 11. The van der Waals surface area contributed by atoms with Crippen LogP contribution in [-0.2, 0) is 16.0 Å². The number of rotatable bonds is 5. The number of phenolic OH excluding ortho intramolecular Hbond substituents is 2. The second-order valence-electron chi connectivity index (χ2n) is 10.7. The Kier molecular flexibility index (Phi) is 6.76. The quantitative estimate of drug-likeness (QED) is 0.248. The fraction of sp³-hybridized carbons (Fsp3) is 0.464. The zero-order valence-corrected chi connectivity index (χ0v) is 21.5. The maximum Gasteiger partial charge on any atom is 0.202 e. The van der Waals surface area contributed by atoms with Gasteiger partial charge in [-0.3, -0.25) is 14.4 Å². The van der Waals surface area contributed by atoms with Crippen LogP contribution in [0, 0.1) is 5.92 Å². The number of ether oxygens (including phenoxy) is 2. The topological polar surface area (TPSA) is 197 Å². The van der Waals surface area contributed by atoms with Crippen LogP contribution in [0.2, 0.25) is 0 Å². The van der Waals surface area contributed by atoms with Gasteiger partial charge in [0, 0.05) is 35.6 Å². The Labute approximate surface area is 223 Å². The highest BCUT2D eigenvalue weighted by Gasteiger charge is 2.50. The highest BCUT2D eigenvalue weighted by atomic mass is 16.5. The maximum absolute atomic E-state index is 13.7. The molecule has 2 unspecified atom stereocenters. The number of aliphatic hydroxyl groups excluding tert-OH is 2. The van der Waals surface area contributed by atoms with Crippen LogP contribution in [0.5, 0.6) is 17.2 Å². The molecule has 0 aliphatic heterocycles. The Balaban J connectivity index is 1.69. The van der Waals surface area contributed by atoms with E-state index < -0.39 is 89.4 Å². The molecule has 0 spiro atoms. The van der Waals surface area contributed by atoms with Crippen LogP contribution in [0.25, 0.3) is 0 Å². The number of benzene rings is 2. The summed E-state index contributed by atoms with van der Waals surface area (Å²) in [7, 11) is 1.34. The predicted molar refractivity (Wildman–Crippen MR) is 135 cm³/mol. The van der Waals surface area contributed by atoms with Gasteiger partial charge in [-0.05, 0) is 24.8 Å². The molecule has 3 aliphatic carbocycles. The third kappa shape index (κ3) is 4.12. The van der Waals surface area contributed by atoms with E-state index >= 15 is 0 Å². The van der Waals surface area contributed by atoms with E-state index in [1.54, 1.807) is 6.92 Å². The molecule has 2 aromatic rings.